The third-order valence-corrected chi connectivity index (χ3v) is 6.07. The van der Waals surface area contributed by atoms with Gasteiger partial charge in [-0.1, -0.05) is 29.8 Å². The van der Waals surface area contributed by atoms with Gasteiger partial charge >= 0.3 is 0 Å². The summed E-state index contributed by atoms with van der Waals surface area (Å²) in [6, 6.07) is 21.6. The van der Waals surface area contributed by atoms with Crippen molar-refractivity contribution in [1.82, 2.24) is 5.43 Å². The van der Waals surface area contributed by atoms with E-state index < -0.39 is 0 Å². The second kappa shape index (κ2) is 10.5. The van der Waals surface area contributed by atoms with Gasteiger partial charge in [0.25, 0.3) is 5.91 Å². The first kappa shape index (κ1) is 22.1. The Bertz CT molecular complexity index is 1090. The highest BCUT2D eigenvalue weighted by atomic mass is 79.9. The molecule has 0 aliphatic carbocycles. The van der Waals surface area contributed by atoms with Crippen molar-refractivity contribution in [2.75, 3.05) is 18.0 Å². The normalized spacial score (nSPS) is 13.5. The van der Waals surface area contributed by atoms with Crippen LogP contribution in [-0.4, -0.2) is 25.2 Å². The fourth-order valence-corrected chi connectivity index (χ4v) is 4.10. The quantitative estimate of drug-likeness (QED) is 0.340. The summed E-state index contributed by atoms with van der Waals surface area (Å²) in [6.45, 7) is 4.73. The zero-order chi connectivity index (χ0) is 22.3. The molecule has 1 amide bonds. The topological polar surface area (TPSA) is 53.9 Å². The lowest BCUT2D eigenvalue weighted by molar-refractivity contribution is 0.0955. The zero-order valence-corrected chi connectivity index (χ0v) is 19.6. The summed E-state index contributed by atoms with van der Waals surface area (Å²) in [5.41, 5.74) is 7.54. The van der Waals surface area contributed by atoms with Crippen LogP contribution in [0.15, 0.2) is 76.3 Å². The van der Waals surface area contributed by atoms with Crippen molar-refractivity contribution in [3.05, 3.63) is 93.5 Å². The molecule has 3 aromatic carbocycles. The van der Waals surface area contributed by atoms with Crippen LogP contribution in [0.2, 0.25) is 0 Å². The summed E-state index contributed by atoms with van der Waals surface area (Å²) < 4.78 is 6.73. The van der Waals surface area contributed by atoms with E-state index in [9.17, 15) is 4.79 Å². The van der Waals surface area contributed by atoms with E-state index >= 15 is 0 Å². The van der Waals surface area contributed by atoms with E-state index in [4.69, 9.17) is 4.74 Å². The molecule has 3 aromatic rings. The fraction of sp³-hybridized carbons (Fsp3) is 0.231. The molecule has 0 spiro atoms. The van der Waals surface area contributed by atoms with Gasteiger partial charge in [-0.15, -0.1) is 0 Å². The molecule has 1 heterocycles. The number of benzene rings is 3. The molecule has 1 N–H and O–H groups in total. The minimum Gasteiger partial charge on any atom is -0.488 e. The maximum atomic E-state index is 12.4. The van der Waals surface area contributed by atoms with E-state index in [0.717, 1.165) is 40.1 Å². The van der Waals surface area contributed by atoms with Crippen molar-refractivity contribution in [1.29, 1.82) is 0 Å². The summed E-state index contributed by atoms with van der Waals surface area (Å²) in [5.74, 6) is 0.524. The molecule has 4 rings (SSSR count). The van der Waals surface area contributed by atoms with Gasteiger partial charge < -0.3 is 9.64 Å². The van der Waals surface area contributed by atoms with E-state index in [1.165, 1.54) is 18.4 Å². The molecule has 6 heteroatoms. The van der Waals surface area contributed by atoms with Crippen molar-refractivity contribution in [3.8, 4) is 5.75 Å². The monoisotopic (exact) mass is 491 g/mol. The van der Waals surface area contributed by atoms with E-state index in [2.05, 4.69) is 62.5 Å². The summed E-state index contributed by atoms with van der Waals surface area (Å²) in [7, 11) is 0. The predicted molar refractivity (Wildman–Crippen MR) is 133 cm³/mol. The van der Waals surface area contributed by atoms with Gasteiger partial charge in [0.05, 0.1) is 10.7 Å². The Kier molecular flexibility index (Phi) is 7.22. The number of hydrogen-bond donors (Lipinski definition) is 1. The Balaban J connectivity index is 1.30. The Hall–Kier alpha value is -3.12. The summed E-state index contributed by atoms with van der Waals surface area (Å²) in [5, 5.41) is 4.09. The number of amides is 1. The first-order chi connectivity index (χ1) is 15.6. The molecule has 32 heavy (non-hydrogen) atoms. The summed E-state index contributed by atoms with van der Waals surface area (Å²) in [4.78, 5) is 14.7. The number of halogens is 1. The number of ether oxygens (including phenoxy) is 1. The molecule has 164 valence electrons. The molecule has 5 nitrogen and oxygen atoms in total. The lowest BCUT2D eigenvalue weighted by Crippen LogP contribution is -2.19. The minimum atomic E-state index is -0.230. The van der Waals surface area contributed by atoms with Crippen LogP contribution in [0.3, 0.4) is 0 Å². The van der Waals surface area contributed by atoms with Gasteiger partial charge in [-0.05, 0) is 89.3 Å². The third kappa shape index (κ3) is 5.77. The first-order valence-electron chi connectivity index (χ1n) is 10.7. The fourth-order valence-electron chi connectivity index (χ4n) is 3.59. The number of nitrogens with one attached hydrogen (secondary N) is 1. The van der Waals surface area contributed by atoms with Crippen LogP contribution in [0.4, 0.5) is 5.69 Å². The number of carbonyl (C=O) groups is 1. The highest BCUT2D eigenvalue weighted by Gasteiger charge is 2.13. The number of aryl methyl sites for hydroxylation is 1. The van der Waals surface area contributed by atoms with Crippen LogP contribution in [-0.2, 0) is 6.61 Å². The number of anilines is 1. The summed E-state index contributed by atoms with van der Waals surface area (Å²) >= 11 is 3.55. The van der Waals surface area contributed by atoms with Gasteiger partial charge in [-0.2, -0.15) is 5.10 Å². The summed E-state index contributed by atoms with van der Waals surface area (Å²) in [6.07, 6.45) is 4.07. The van der Waals surface area contributed by atoms with Gasteiger partial charge in [-0.25, -0.2) is 5.43 Å². The van der Waals surface area contributed by atoms with Gasteiger partial charge in [0.1, 0.15) is 12.4 Å². The van der Waals surface area contributed by atoms with Crippen molar-refractivity contribution in [3.63, 3.8) is 0 Å². The Labute approximate surface area is 197 Å². The molecule has 0 radical (unpaired) electrons. The van der Waals surface area contributed by atoms with Gasteiger partial charge in [0.2, 0.25) is 0 Å². The molecule has 0 saturated carbocycles. The van der Waals surface area contributed by atoms with Gasteiger partial charge in [0, 0.05) is 24.3 Å². The third-order valence-electron chi connectivity index (χ3n) is 5.45. The lowest BCUT2D eigenvalue weighted by atomic mass is 10.2. The number of nitrogens with zero attached hydrogens (tertiary/aromatic N) is 2. The Morgan fingerprint density at radius 3 is 2.47 bits per heavy atom. The second-order valence-corrected chi connectivity index (χ2v) is 8.76. The van der Waals surface area contributed by atoms with Crippen LogP contribution in [0.1, 0.15) is 39.9 Å². The van der Waals surface area contributed by atoms with Crippen LogP contribution in [0.25, 0.3) is 0 Å². The Morgan fingerprint density at radius 1 is 1.06 bits per heavy atom. The molecule has 0 bridgehead atoms. The van der Waals surface area contributed by atoms with Crippen LogP contribution < -0.4 is 15.1 Å². The number of rotatable bonds is 7. The van der Waals surface area contributed by atoms with E-state index in [-0.39, 0.29) is 5.91 Å². The maximum absolute atomic E-state index is 12.4. The zero-order valence-electron chi connectivity index (χ0n) is 18.1. The smallest absolute Gasteiger partial charge is 0.271 e. The highest BCUT2D eigenvalue weighted by molar-refractivity contribution is 9.10. The van der Waals surface area contributed by atoms with Gasteiger partial charge in [0.15, 0.2) is 0 Å². The molecule has 1 aliphatic rings. The van der Waals surface area contributed by atoms with Crippen LogP contribution in [0, 0.1) is 6.92 Å². The molecular weight excluding hydrogens is 466 g/mol. The van der Waals surface area contributed by atoms with Crippen LogP contribution >= 0.6 is 15.9 Å². The molecular formula is C26H26BrN3O2. The molecule has 1 fully saturated rings. The van der Waals surface area contributed by atoms with Crippen molar-refractivity contribution in [2.45, 2.75) is 26.4 Å². The number of hydrogen-bond acceptors (Lipinski definition) is 4. The minimum absolute atomic E-state index is 0.230. The van der Waals surface area contributed by atoms with Crippen molar-refractivity contribution < 1.29 is 9.53 Å². The van der Waals surface area contributed by atoms with E-state index in [1.807, 2.05) is 42.5 Å². The first-order valence-corrected chi connectivity index (χ1v) is 11.5. The van der Waals surface area contributed by atoms with E-state index in [0.29, 0.717) is 12.2 Å². The molecule has 0 unspecified atom stereocenters. The molecule has 0 aromatic heterocycles. The van der Waals surface area contributed by atoms with Crippen LogP contribution in [0.5, 0.6) is 5.75 Å². The average Bonchev–Trinajstić information content (AvgIpc) is 3.35. The average molecular weight is 492 g/mol. The SMILES string of the molecule is Cc1ccc(COc2ccc(/C=N\NC(=O)c3ccc(N4CCCC4)cc3)cc2Br)cc1. The molecule has 0 atom stereocenters. The highest BCUT2D eigenvalue weighted by Crippen LogP contribution is 2.26. The van der Waals surface area contributed by atoms with Gasteiger partial charge in [-0.3, -0.25) is 4.79 Å². The van der Waals surface area contributed by atoms with Crippen molar-refractivity contribution >= 4 is 33.7 Å². The Morgan fingerprint density at radius 2 is 1.78 bits per heavy atom. The molecule has 1 aliphatic heterocycles. The number of carbonyl (C=O) groups excluding carboxylic acids is 1. The maximum Gasteiger partial charge on any atom is 0.271 e. The van der Waals surface area contributed by atoms with E-state index in [1.54, 1.807) is 6.21 Å². The van der Waals surface area contributed by atoms with Crippen molar-refractivity contribution in [2.24, 2.45) is 5.10 Å². The number of hydrazone groups is 1. The second-order valence-electron chi connectivity index (χ2n) is 7.90. The largest absolute Gasteiger partial charge is 0.488 e. The standard InChI is InChI=1S/C26H26BrN3O2/c1-19-4-6-20(7-5-19)18-32-25-13-8-21(16-24(25)27)17-28-29-26(31)22-9-11-23(12-10-22)30-14-2-3-15-30/h4-13,16-17H,2-3,14-15,18H2,1H3,(H,29,31)/b28-17-. The lowest BCUT2D eigenvalue weighted by Gasteiger charge is -2.17. The predicted octanol–water partition coefficient (Wildman–Crippen LogP) is 5.70. The molecule has 1 saturated heterocycles.